The zero-order chi connectivity index (χ0) is 12.0. The van der Waals surface area contributed by atoms with Gasteiger partial charge in [0.25, 0.3) is 0 Å². The van der Waals surface area contributed by atoms with E-state index in [1.165, 1.54) is 5.56 Å². The third-order valence-electron chi connectivity index (χ3n) is 1.78. The Balaban J connectivity index is 0. The van der Waals surface area contributed by atoms with E-state index in [2.05, 4.69) is 0 Å². The number of rotatable bonds is 1. The minimum absolute atomic E-state index is 0. The molecule has 0 saturated carbocycles. The number of benzene rings is 1. The third-order valence-corrected chi connectivity index (χ3v) is 1.78. The molecule has 0 atom stereocenters. The standard InChI is InChI=1S/C10H11O.3ClH.Cr.H2N/c1-7-4-8(2)10(6-11)9(3)5-7;;;;;/h4-5H,1-3H3;3*1H;;1H2/q-1;;;;+3;-1/p-3. The average molecular weight is 322 g/mol. The van der Waals surface area contributed by atoms with E-state index in [4.69, 9.17) is 30.1 Å². The SMILES string of the molecule is Cc1cc(C)c([C-]=O)c(C)c1.[Cl][Cr]([Cl])[Cl].[NH2-]. The predicted octanol–water partition coefficient (Wildman–Crippen LogP) is 4.85. The fourth-order valence-corrected chi connectivity index (χ4v) is 1.34. The Kier molecular flexibility index (Phi) is 10.8. The Morgan fingerprint density at radius 3 is 1.62 bits per heavy atom. The largest absolute Gasteiger partial charge is 0.693 e. The Bertz CT molecular complexity index is 319. The Morgan fingerprint density at radius 2 is 1.38 bits per heavy atom. The van der Waals surface area contributed by atoms with Crippen LogP contribution in [0.5, 0.6) is 0 Å². The van der Waals surface area contributed by atoms with Gasteiger partial charge in [-0.3, -0.25) is 0 Å². The van der Waals surface area contributed by atoms with Crippen molar-refractivity contribution in [2.75, 3.05) is 0 Å². The van der Waals surface area contributed by atoms with E-state index >= 15 is 0 Å². The summed E-state index contributed by atoms with van der Waals surface area (Å²) in [6.45, 7) is 5.88. The quantitative estimate of drug-likeness (QED) is 0.682. The maximum absolute atomic E-state index is 10.4. The van der Waals surface area contributed by atoms with Gasteiger partial charge in [-0.05, 0) is 6.92 Å². The average Bonchev–Trinajstić information content (AvgIpc) is 2.01. The molecule has 1 aromatic carbocycles. The molecule has 6 heteroatoms. The van der Waals surface area contributed by atoms with E-state index in [0.717, 1.165) is 11.1 Å². The van der Waals surface area contributed by atoms with Crippen molar-refractivity contribution in [1.82, 2.24) is 0 Å². The summed E-state index contributed by atoms with van der Waals surface area (Å²) < 4.78 is 0. The summed E-state index contributed by atoms with van der Waals surface area (Å²) in [5.74, 6) is 0. The number of hydrogen-bond acceptors (Lipinski definition) is 1. The van der Waals surface area contributed by atoms with Gasteiger partial charge >= 0.3 is 41.5 Å². The Labute approximate surface area is 113 Å². The predicted molar refractivity (Wildman–Crippen MR) is 68.3 cm³/mol. The second-order valence-electron chi connectivity index (χ2n) is 3.05. The molecule has 0 radical (unpaired) electrons. The van der Waals surface area contributed by atoms with E-state index in [1.54, 1.807) is 0 Å². The smallest absolute Gasteiger partial charge is 0.693 e. The van der Waals surface area contributed by atoms with Crippen molar-refractivity contribution in [3.8, 4) is 0 Å². The maximum Gasteiger partial charge on any atom is -0.693 e. The van der Waals surface area contributed by atoms with E-state index < -0.39 is 11.4 Å². The van der Waals surface area contributed by atoms with Gasteiger partial charge in [0.1, 0.15) is 0 Å². The van der Waals surface area contributed by atoms with Gasteiger partial charge in [0.15, 0.2) is 0 Å². The summed E-state index contributed by atoms with van der Waals surface area (Å²) >= 11 is -1.62. The molecular weight excluding hydrogens is 308 g/mol. The molecule has 0 amide bonds. The van der Waals surface area contributed by atoms with Crippen LogP contribution >= 0.6 is 30.1 Å². The van der Waals surface area contributed by atoms with Crippen molar-refractivity contribution in [3.63, 3.8) is 0 Å². The number of aryl methyl sites for hydroxylation is 3. The van der Waals surface area contributed by atoms with Crippen LogP contribution in [0, 0.1) is 20.8 Å². The first-order valence-electron chi connectivity index (χ1n) is 4.07. The summed E-state index contributed by atoms with van der Waals surface area (Å²) in [7, 11) is 14.8. The minimum Gasteiger partial charge on any atom is -0.693 e. The second-order valence-corrected chi connectivity index (χ2v) is 9.37. The molecule has 2 N–H and O–H groups in total. The van der Waals surface area contributed by atoms with E-state index in [1.807, 2.05) is 39.2 Å². The molecule has 0 aliphatic rings. The van der Waals surface area contributed by atoms with Gasteiger partial charge in [-0.15, -0.1) is 28.8 Å². The number of carbonyl (C=O) groups excluding carboxylic acids is 1. The fourth-order valence-electron chi connectivity index (χ4n) is 1.34. The molecule has 0 saturated heterocycles. The summed E-state index contributed by atoms with van der Waals surface area (Å²) in [6, 6.07) is 3.99. The van der Waals surface area contributed by atoms with Gasteiger partial charge in [-0.2, -0.15) is 0 Å². The normalized spacial score (nSPS) is 8.94. The summed E-state index contributed by atoms with van der Waals surface area (Å²) in [5, 5.41) is 0. The van der Waals surface area contributed by atoms with Gasteiger partial charge in [0, 0.05) is 0 Å². The first-order valence-corrected chi connectivity index (χ1v) is 9.33. The first kappa shape index (κ1) is 18.6. The maximum atomic E-state index is 10.4. The van der Waals surface area contributed by atoms with Crippen molar-refractivity contribution in [3.05, 3.63) is 40.5 Å². The van der Waals surface area contributed by atoms with Crippen LogP contribution in [0.25, 0.3) is 6.15 Å². The van der Waals surface area contributed by atoms with Gasteiger partial charge in [0.05, 0.1) is 6.29 Å². The van der Waals surface area contributed by atoms with Crippen molar-refractivity contribution in [1.29, 1.82) is 0 Å². The molecule has 1 aromatic rings. The summed E-state index contributed by atoms with van der Waals surface area (Å²) in [6.07, 6.45) is 1.94. The molecule has 0 heterocycles. The Hall–Kier alpha value is 0.252. The van der Waals surface area contributed by atoms with Crippen molar-refractivity contribution < 1.29 is 16.2 Å². The molecule has 0 spiro atoms. The zero-order valence-corrected chi connectivity index (χ0v) is 12.7. The van der Waals surface area contributed by atoms with Crippen LogP contribution in [0.2, 0.25) is 0 Å². The number of nitrogens with two attached hydrogens (primary N) is 1. The Morgan fingerprint density at radius 1 is 1.06 bits per heavy atom. The van der Waals surface area contributed by atoms with E-state index in [9.17, 15) is 4.79 Å². The van der Waals surface area contributed by atoms with Crippen LogP contribution in [0.3, 0.4) is 0 Å². The van der Waals surface area contributed by atoms with Crippen LogP contribution < -0.4 is 0 Å². The van der Waals surface area contributed by atoms with Crippen LogP contribution in [-0.2, 0) is 16.2 Å². The number of halogens is 3. The molecular formula is C10H13Cl3CrNO-2. The van der Waals surface area contributed by atoms with Crippen LogP contribution in [0.1, 0.15) is 22.3 Å². The molecule has 0 aromatic heterocycles. The molecule has 0 fully saturated rings. The minimum atomic E-state index is -1.62. The van der Waals surface area contributed by atoms with Gasteiger partial charge in [-0.1, -0.05) is 19.4 Å². The summed E-state index contributed by atoms with van der Waals surface area (Å²) in [5.41, 5.74) is 3.92. The van der Waals surface area contributed by atoms with Crippen molar-refractivity contribution in [2.45, 2.75) is 20.8 Å². The van der Waals surface area contributed by atoms with Crippen molar-refractivity contribution in [2.24, 2.45) is 0 Å². The molecule has 2 nitrogen and oxygen atoms in total. The fraction of sp³-hybridized carbons (Fsp3) is 0.300. The van der Waals surface area contributed by atoms with Gasteiger partial charge < -0.3 is 10.9 Å². The zero-order valence-electron chi connectivity index (χ0n) is 9.18. The summed E-state index contributed by atoms with van der Waals surface area (Å²) in [4.78, 5) is 10.4. The van der Waals surface area contributed by atoms with Crippen LogP contribution in [0.15, 0.2) is 12.1 Å². The second kappa shape index (κ2) is 9.30. The molecule has 0 aliphatic heterocycles. The van der Waals surface area contributed by atoms with Crippen molar-refractivity contribution >= 4 is 36.4 Å². The van der Waals surface area contributed by atoms with E-state index in [0.29, 0.717) is 5.56 Å². The van der Waals surface area contributed by atoms with Gasteiger partial charge in [0.2, 0.25) is 0 Å². The first-order chi connectivity index (χ1) is 6.88. The monoisotopic (exact) mass is 320 g/mol. The molecule has 0 bridgehead atoms. The molecule has 0 aliphatic carbocycles. The van der Waals surface area contributed by atoms with Crippen LogP contribution in [-0.4, -0.2) is 6.29 Å². The molecule has 93 valence electrons. The molecule has 1 rings (SSSR count). The topological polar surface area (TPSA) is 50.6 Å². The molecule has 0 unspecified atom stereocenters. The van der Waals surface area contributed by atoms with Gasteiger partial charge in [-0.25, -0.2) is 0 Å². The third kappa shape index (κ3) is 7.51. The number of hydrogen-bond donors (Lipinski definition) is 0. The molecule has 16 heavy (non-hydrogen) atoms. The van der Waals surface area contributed by atoms with E-state index in [-0.39, 0.29) is 6.15 Å². The van der Waals surface area contributed by atoms with Crippen LogP contribution in [0.4, 0.5) is 0 Å².